The van der Waals surface area contributed by atoms with E-state index in [2.05, 4.69) is 79.7 Å². The highest BCUT2D eigenvalue weighted by molar-refractivity contribution is 7.45. The van der Waals surface area contributed by atoms with E-state index >= 15 is 0 Å². The summed E-state index contributed by atoms with van der Waals surface area (Å²) >= 11 is 0. The van der Waals surface area contributed by atoms with Crippen molar-refractivity contribution in [2.45, 2.75) is 12.0 Å². The van der Waals surface area contributed by atoms with Crippen molar-refractivity contribution in [2.24, 2.45) is 5.92 Å². The van der Waals surface area contributed by atoms with E-state index in [0.717, 1.165) is 19.6 Å². The lowest BCUT2D eigenvalue weighted by Crippen LogP contribution is -2.39. The number of phosphoric acid groups is 1. The van der Waals surface area contributed by atoms with Crippen molar-refractivity contribution < 1.29 is 24.0 Å². The van der Waals surface area contributed by atoms with Gasteiger partial charge in [0.15, 0.2) is 0 Å². The van der Waals surface area contributed by atoms with Crippen LogP contribution in [0.1, 0.15) is 17.5 Å². The predicted octanol–water partition coefficient (Wildman–Crippen LogP) is 2.60. The molecule has 1 aliphatic rings. The maximum Gasteiger partial charge on any atom is 0.466 e. The minimum Gasteiger partial charge on any atom is -0.365 e. The molecule has 2 aromatic carbocycles. The summed E-state index contributed by atoms with van der Waals surface area (Å²) in [7, 11) is -0.363. The van der Waals surface area contributed by atoms with Crippen LogP contribution in [0.3, 0.4) is 0 Å². The quantitative estimate of drug-likeness (QED) is 0.708. The molecule has 0 aliphatic carbocycles. The lowest BCUT2D eigenvalue weighted by Gasteiger charge is -2.37. The van der Waals surface area contributed by atoms with Gasteiger partial charge in [0.2, 0.25) is 0 Å². The van der Waals surface area contributed by atoms with Gasteiger partial charge >= 0.3 is 7.82 Å². The molecule has 6 nitrogen and oxygen atoms in total. The molecule has 142 valence electrons. The Balaban J connectivity index is 0.000000431. The Morgan fingerprint density at radius 3 is 1.81 bits per heavy atom. The van der Waals surface area contributed by atoms with Crippen molar-refractivity contribution in [3.8, 4) is 0 Å². The van der Waals surface area contributed by atoms with E-state index in [4.69, 9.17) is 24.0 Å². The molecule has 3 N–H and O–H groups in total. The van der Waals surface area contributed by atoms with Crippen LogP contribution in [-0.2, 0) is 14.9 Å². The van der Waals surface area contributed by atoms with Crippen molar-refractivity contribution >= 4 is 7.82 Å². The molecule has 1 fully saturated rings. The fourth-order valence-corrected chi connectivity index (χ4v) is 3.52. The Hall–Kier alpha value is -1.53. The van der Waals surface area contributed by atoms with Crippen LogP contribution in [0.25, 0.3) is 0 Å². The SMILES string of the molecule is CN(C)CC1CCOC1(c1ccccc1)c1ccccc1.O=P(O)(O)O. The van der Waals surface area contributed by atoms with Gasteiger partial charge in [0.25, 0.3) is 0 Å². The first-order chi connectivity index (χ1) is 12.2. The van der Waals surface area contributed by atoms with Crippen LogP contribution >= 0.6 is 7.82 Å². The summed E-state index contributed by atoms with van der Waals surface area (Å²) in [5.74, 6) is 0.470. The lowest BCUT2D eigenvalue weighted by molar-refractivity contribution is 0.00438. The third-order valence-electron chi connectivity index (χ3n) is 4.36. The molecule has 1 unspecified atom stereocenters. The molecule has 0 amide bonds. The average molecular weight is 379 g/mol. The Morgan fingerprint density at radius 2 is 1.42 bits per heavy atom. The minimum absolute atomic E-state index is 0.313. The van der Waals surface area contributed by atoms with Gasteiger partial charge in [-0.15, -0.1) is 0 Å². The average Bonchev–Trinajstić information content (AvgIpc) is 2.99. The summed E-state index contributed by atoms with van der Waals surface area (Å²) in [5, 5.41) is 0. The minimum atomic E-state index is -4.64. The van der Waals surface area contributed by atoms with E-state index in [1.807, 2.05) is 0 Å². The highest BCUT2D eigenvalue weighted by atomic mass is 31.2. The summed E-state index contributed by atoms with van der Waals surface area (Å²) in [6.45, 7) is 1.85. The molecule has 2 aromatic rings. The fourth-order valence-electron chi connectivity index (χ4n) is 3.52. The Morgan fingerprint density at radius 1 is 1.00 bits per heavy atom. The molecular weight excluding hydrogens is 353 g/mol. The largest absolute Gasteiger partial charge is 0.466 e. The molecule has 26 heavy (non-hydrogen) atoms. The first-order valence-corrected chi connectivity index (χ1v) is 9.98. The van der Waals surface area contributed by atoms with E-state index in [9.17, 15) is 0 Å². The van der Waals surface area contributed by atoms with E-state index in [0.29, 0.717) is 5.92 Å². The van der Waals surface area contributed by atoms with E-state index < -0.39 is 7.82 Å². The Bertz CT molecular complexity index is 669. The van der Waals surface area contributed by atoms with Crippen molar-refractivity contribution in [2.75, 3.05) is 27.2 Å². The van der Waals surface area contributed by atoms with Crippen LogP contribution in [0.15, 0.2) is 60.7 Å². The van der Waals surface area contributed by atoms with Crippen LogP contribution < -0.4 is 0 Å². The zero-order valence-electron chi connectivity index (χ0n) is 15.0. The van der Waals surface area contributed by atoms with E-state index in [-0.39, 0.29) is 5.60 Å². The van der Waals surface area contributed by atoms with Gasteiger partial charge in [0, 0.05) is 19.1 Å². The number of rotatable bonds is 4. The molecule has 7 heteroatoms. The summed E-state index contributed by atoms with van der Waals surface area (Å²) in [5.41, 5.74) is 2.22. The molecule has 0 aromatic heterocycles. The molecule has 1 atom stereocenters. The molecule has 3 rings (SSSR count). The smallest absolute Gasteiger partial charge is 0.365 e. The topological polar surface area (TPSA) is 90.2 Å². The van der Waals surface area contributed by atoms with Gasteiger partial charge in [-0.2, -0.15) is 0 Å². The number of ether oxygens (including phenoxy) is 1. The fraction of sp³-hybridized carbons (Fsp3) is 0.368. The molecule has 1 aliphatic heterocycles. The highest BCUT2D eigenvalue weighted by Gasteiger charge is 2.47. The van der Waals surface area contributed by atoms with E-state index in [1.54, 1.807) is 0 Å². The first-order valence-electron chi connectivity index (χ1n) is 8.41. The normalized spacial score (nSPS) is 19.1. The van der Waals surface area contributed by atoms with Crippen molar-refractivity contribution in [1.29, 1.82) is 0 Å². The van der Waals surface area contributed by atoms with Gasteiger partial charge in [-0.1, -0.05) is 60.7 Å². The second kappa shape index (κ2) is 8.91. The molecule has 1 heterocycles. The molecule has 0 radical (unpaired) electrons. The van der Waals surface area contributed by atoms with Gasteiger partial charge in [-0.05, 0) is 31.6 Å². The third kappa shape index (κ3) is 5.48. The highest BCUT2D eigenvalue weighted by Crippen LogP contribution is 2.46. The molecular formula is C19H26NO5P. The molecule has 0 spiro atoms. The van der Waals surface area contributed by atoms with Crippen molar-refractivity contribution in [1.82, 2.24) is 4.90 Å². The Kier molecular flexibility index (Phi) is 7.12. The predicted molar refractivity (Wildman–Crippen MR) is 101 cm³/mol. The zero-order valence-corrected chi connectivity index (χ0v) is 15.9. The standard InChI is InChI=1S/C19H23NO.H3O4P/c1-20(2)15-18-13-14-21-19(18,16-9-5-3-6-10-16)17-11-7-4-8-12-17;1-5(2,3)4/h3-12,18H,13-15H2,1-2H3;(H3,1,2,3,4). The van der Waals surface area contributed by atoms with Crippen LogP contribution in [0, 0.1) is 5.92 Å². The second-order valence-electron chi connectivity index (χ2n) is 6.58. The number of benzene rings is 2. The third-order valence-corrected chi connectivity index (χ3v) is 4.36. The number of nitrogens with zero attached hydrogens (tertiary/aromatic N) is 1. The Labute approximate surface area is 154 Å². The summed E-state index contributed by atoms with van der Waals surface area (Å²) in [6, 6.07) is 21.3. The maximum absolute atomic E-state index is 8.88. The molecule has 0 bridgehead atoms. The number of hydrogen-bond donors (Lipinski definition) is 3. The van der Waals surface area contributed by atoms with Crippen LogP contribution in [0.5, 0.6) is 0 Å². The summed E-state index contributed by atoms with van der Waals surface area (Å²) in [6.07, 6.45) is 1.10. The zero-order chi connectivity index (χ0) is 19.2. The van der Waals surface area contributed by atoms with E-state index in [1.165, 1.54) is 11.1 Å². The van der Waals surface area contributed by atoms with Gasteiger partial charge in [-0.3, -0.25) is 0 Å². The van der Waals surface area contributed by atoms with Gasteiger partial charge in [-0.25, -0.2) is 4.57 Å². The van der Waals surface area contributed by atoms with Gasteiger partial charge in [0.05, 0.1) is 0 Å². The molecule has 0 saturated carbocycles. The summed E-state index contributed by atoms with van der Waals surface area (Å²) < 4.78 is 15.3. The van der Waals surface area contributed by atoms with Crippen molar-refractivity contribution in [3.05, 3.63) is 71.8 Å². The first kappa shape index (κ1) is 20.8. The van der Waals surface area contributed by atoms with Crippen molar-refractivity contribution in [3.63, 3.8) is 0 Å². The summed E-state index contributed by atoms with van der Waals surface area (Å²) in [4.78, 5) is 23.8. The van der Waals surface area contributed by atoms with Crippen LogP contribution in [0.4, 0.5) is 0 Å². The van der Waals surface area contributed by atoms with Crippen LogP contribution in [-0.4, -0.2) is 46.8 Å². The second-order valence-corrected chi connectivity index (χ2v) is 7.60. The molecule has 1 saturated heterocycles. The maximum atomic E-state index is 8.88. The van der Waals surface area contributed by atoms with Gasteiger partial charge in [0.1, 0.15) is 5.60 Å². The van der Waals surface area contributed by atoms with Crippen LogP contribution in [0.2, 0.25) is 0 Å². The lowest BCUT2D eigenvalue weighted by atomic mass is 9.76. The number of hydrogen-bond acceptors (Lipinski definition) is 3. The monoisotopic (exact) mass is 379 g/mol. The van der Waals surface area contributed by atoms with Gasteiger partial charge < -0.3 is 24.3 Å².